The fraction of sp³-hybridized carbons (Fsp3) is 1.00. The number of hydrogen-bond donors (Lipinski definition) is 2. The first-order chi connectivity index (χ1) is 7.55. The van der Waals surface area contributed by atoms with E-state index in [1.165, 1.54) is 0 Å². The Bertz CT molecular complexity index is 309. The Morgan fingerprint density at radius 3 is 2.00 bits per heavy atom. The minimum absolute atomic E-state index is 0.0111. The van der Waals surface area contributed by atoms with E-state index in [4.69, 9.17) is 4.74 Å². The van der Waals surface area contributed by atoms with E-state index < -0.39 is 0 Å². The van der Waals surface area contributed by atoms with Crippen LogP contribution in [0.3, 0.4) is 0 Å². The Morgan fingerprint density at radius 1 is 1.06 bits per heavy atom. The lowest BCUT2D eigenvalue weighted by Gasteiger charge is -2.51. The van der Waals surface area contributed by atoms with Crippen LogP contribution in [-0.2, 0) is 4.74 Å². The van der Waals surface area contributed by atoms with E-state index in [9.17, 15) is 5.11 Å². The molecule has 0 radical (unpaired) electrons. The van der Waals surface area contributed by atoms with Crippen molar-refractivity contribution in [3.63, 3.8) is 0 Å². The number of rotatable bonds is 2. The van der Waals surface area contributed by atoms with Crippen molar-refractivity contribution in [3.05, 3.63) is 0 Å². The molecule has 17 heavy (non-hydrogen) atoms. The Balaban J connectivity index is 2.01. The second kappa shape index (κ2) is 3.69. The molecule has 3 unspecified atom stereocenters. The first kappa shape index (κ1) is 13.3. The minimum Gasteiger partial charge on any atom is -0.392 e. The largest absolute Gasteiger partial charge is 0.392 e. The van der Waals surface area contributed by atoms with Crippen molar-refractivity contribution >= 4 is 0 Å². The summed E-state index contributed by atoms with van der Waals surface area (Å²) < 4.78 is 6.09. The van der Waals surface area contributed by atoms with Crippen LogP contribution in [0.4, 0.5) is 0 Å². The van der Waals surface area contributed by atoms with Gasteiger partial charge in [0.05, 0.1) is 17.3 Å². The summed E-state index contributed by atoms with van der Waals surface area (Å²) >= 11 is 0. The molecule has 0 bridgehead atoms. The SMILES string of the molecule is CC1(C)CC(NC2CC(O)C2(C)C)C(C)(C)O1. The Kier molecular flexibility index (Phi) is 2.89. The van der Waals surface area contributed by atoms with Gasteiger partial charge in [0, 0.05) is 17.5 Å². The maximum atomic E-state index is 9.78. The molecule has 1 heterocycles. The lowest BCUT2D eigenvalue weighted by molar-refractivity contribution is -0.0932. The minimum atomic E-state index is -0.168. The number of nitrogens with one attached hydrogen (secondary N) is 1. The van der Waals surface area contributed by atoms with Gasteiger partial charge in [-0.1, -0.05) is 13.8 Å². The number of hydrogen-bond acceptors (Lipinski definition) is 3. The Hall–Kier alpha value is -0.120. The summed E-state index contributed by atoms with van der Waals surface area (Å²) in [6.45, 7) is 12.9. The molecule has 0 aromatic rings. The summed E-state index contributed by atoms with van der Waals surface area (Å²) in [5.41, 5.74) is -0.184. The molecule has 3 nitrogen and oxygen atoms in total. The average Bonchev–Trinajstić information content (AvgIpc) is 2.34. The Labute approximate surface area is 105 Å². The van der Waals surface area contributed by atoms with Gasteiger partial charge in [0.25, 0.3) is 0 Å². The molecule has 0 amide bonds. The van der Waals surface area contributed by atoms with Crippen molar-refractivity contribution in [2.24, 2.45) is 5.41 Å². The zero-order valence-electron chi connectivity index (χ0n) is 12.0. The highest BCUT2D eigenvalue weighted by atomic mass is 16.5. The van der Waals surface area contributed by atoms with Gasteiger partial charge in [0.1, 0.15) is 0 Å². The monoisotopic (exact) mass is 241 g/mol. The van der Waals surface area contributed by atoms with Gasteiger partial charge in [-0.25, -0.2) is 0 Å². The number of aliphatic hydroxyl groups is 1. The highest BCUT2D eigenvalue weighted by molar-refractivity contribution is 5.07. The zero-order chi connectivity index (χ0) is 13.1. The topological polar surface area (TPSA) is 41.5 Å². The van der Waals surface area contributed by atoms with E-state index in [0.29, 0.717) is 12.1 Å². The van der Waals surface area contributed by atoms with Gasteiger partial charge >= 0.3 is 0 Å². The zero-order valence-corrected chi connectivity index (χ0v) is 12.0. The molecule has 3 heteroatoms. The van der Waals surface area contributed by atoms with Crippen molar-refractivity contribution in [2.45, 2.75) is 83.8 Å². The Morgan fingerprint density at radius 2 is 1.65 bits per heavy atom. The second-order valence-electron chi connectivity index (χ2n) is 7.51. The molecule has 2 fully saturated rings. The highest BCUT2D eigenvalue weighted by Gasteiger charge is 2.52. The molecule has 2 N–H and O–H groups in total. The third kappa shape index (κ3) is 2.25. The predicted octanol–water partition coefficient (Wildman–Crippen LogP) is 2.08. The smallest absolute Gasteiger partial charge is 0.0787 e. The predicted molar refractivity (Wildman–Crippen MR) is 69.0 cm³/mol. The van der Waals surface area contributed by atoms with Crippen LogP contribution in [0.25, 0.3) is 0 Å². The highest BCUT2D eigenvalue weighted by Crippen LogP contribution is 2.44. The first-order valence-corrected chi connectivity index (χ1v) is 6.69. The molecular formula is C14H27NO2. The normalized spacial score (nSPS) is 42.2. The van der Waals surface area contributed by atoms with Gasteiger partial charge in [0.15, 0.2) is 0 Å². The van der Waals surface area contributed by atoms with Crippen LogP contribution in [-0.4, -0.2) is 34.5 Å². The summed E-state index contributed by atoms with van der Waals surface area (Å²) in [5, 5.41) is 13.5. The molecule has 0 aromatic heterocycles. The average molecular weight is 241 g/mol. The van der Waals surface area contributed by atoms with Crippen LogP contribution < -0.4 is 5.32 Å². The van der Waals surface area contributed by atoms with Crippen molar-refractivity contribution in [1.82, 2.24) is 5.32 Å². The van der Waals surface area contributed by atoms with Gasteiger partial charge in [-0.05, 0) is 40.5 Å². The number of ether oxygens (including phenoxy) is 1. The van der Waals surface area contributed by atoms with Gasteiger partial charge in [0.2, 0.25) is 0 Å². The molecule has 1 aliphatic carbocycles. The molecule has 2 aliphatic rings. The van der Waals surface area contributed by atoms with Crippen molar-refractivity contribution in [1.29, 1.82) is 0 Å². The summed E-state index contributed by atoms with van der Waals surface area (Å²) in [6.07, 6.45) is 1.72. The van der Waals surface area contributed by atoms with Crippen molar-refractivity contribution in [3.8, 4) is 0 Å². The lowest BCUT2D eigenvalue weighted by atomic mass is 9.64. The molecule has 2 rings (SSSR count). The molecule has 0 spiro atoms. The van der Waals surface area contributed by atoms with Crippen LogP contribution in [0.2, 0.25) is 0 Å². The van der Waals surface area contributed by atoms with Crippen LogP contribution >= 0.6 is 0 Å². The van der Waals surface area contributed by atoms with Gasteiger partial charge in [-0.2, -0.15) is 0 Å². The maximum Gasteiger partial charge on any atom is 0.0787 e. The third-order valence-corrected chi connectivity index (χ3v) is 4.69. The fourth-order valence-electron chi connectivity index (χ4n) is 3.25. The van der Waals surface area contributed by atoms with Crippen LogP contribution in [0.5, 0.6) is 0 Å². The lowest BCUT2D eigenvalue weighted by Crippen LogP contribution is -2.63. The molecule has 1 saturated carbocycles. The quantitative estimate of drug-likeness (QED) is 0.778. The number of aliphatic hydroxyl groups excluding tert-OH is 1. The third-order valence-electron chi connectivity index (χ3n) is 4.69. The first-order valence-electron chi connectivity index (χ1n) is 6.69. The van der Waals surface area contributed by atoms with Gasteiger partial charge < -0.3 is 15.2 Å². The van der Waals surface area contributed by atoms with Crippen molar-refractivity contribution < 1.29 is 9.84 Å². The molecule has 1 saturated heterocycles. The van der Waals surface area contributed by atoms with E-state index >= 15 is 0 Å². The van der Waals surface area contributed by atoms with E-state index in [1.54, 1.807) is 0 Å². The molecular weight excluding hydrogens is 214 g/mol. The molecule has 100 valence electrons. The van der Waals surface area contributed by atoms with Gasteiger partial charge in [-0.15, -0.1) is 0 Å². The molecule has 0 aromatic carbocycles. The van der Waals surface area contributed by atoms with E-state index in [0.717, 1.165) is 12.8 Å². The van der Waals surface area contributed by atoms with E-state index in [1.807, 2.05) is 0 Å². The summed E-state index contributed by atoms with van der Waals surface area (Å²) in [5.74, 6) is 0. The summed E-state index contributed by atoms with van der Waals surface area (Å²) in [6, 6.07) is 0.772. The van der Waals surface area contributed by atoms with E-state index in [2.05, 4.69) is 46.9 Å². The van der Waals surface area contributed by atoms with E-state index in [-0.39, 0.29) is 22.7 Å². The van der Waals surface area contributed by atoms with Crippen LogP contribution in [0.15, 0.2) is 0 Å². The second-order valence-corrected chi connectivity index (χ2v) is 7.51. The van der Waals surface area contributed by atoms with Gasteiger partial charge in [-0.3, -0.25) is 0 Å². The molecule has 3 atom stereocenters. The van der Waals surface area contributed by atoms with Crippen LogP contribution in [0.1, 0.15) is 54.4 Å². The standard InChI is InChI=1S/C14H27NO2/c1-12(2)8-10(14(5,6)17-12)15-9-7-11(16)13(9,3)4/h9-11,15-16H,7-8H2,1-6H3. The summed E-state index contributed by atoms with van der Waals surface area (Å²) in [7, 11) is 0. The van der Waals surface area contributed by atoms with Crippen molar-refractivity contribution in [2.75, 3.05) is 0 Å². The van der Waals surface area contributed by atoms with Crippen LogP contribution in [0, 0.1) is 5.41 Å². The summed E-state index contributed by atoms with van der Waals surface area (Å²) in [4.78, 5) is 0. The molecule has 1 aliphatic heterocycles. The maximum absolute atomic E-state index is 9.78. The fourth-order valence-corrected chi connectivity index (χ4v) is 3.25.